The molecule has 3 nitrogen and oxygen atoms in total. The standard InChI is InChI=1S/C18H25N3/c1-2-6-19-18(3-1)14-21-9-7-20(8-10-21)13-17-12-15-4-5-16(17)11-15/h1-6,15-17H,7-14H2/t15-,16+,17+/m1/s1. The van der Waals surface area contributed by atoms with Crippen molar-refractivity contribution in [2.75, 3.05) is 32.7 Å². The molecule has 4 rings (SSSR count). The zero-order valence-electron chi connectivity index (χ0n) is 12.7. The van der Waals surface area contributed by atoms with Crippen LogP contribution in [0.25, 0.3) is 0 Å². The van der Waals surface area contributed by atoms with Crippen LogP contribution < -0.4 is 0 Å². The summed E-state index contributed by atoms with van der Waals surface area (Å²) in [6.07, 6.45) is 9.70. The van der Waals surface area contributed by atoms with Crippen molar-refractivity contribution in [3.63, 3.8) is 0 Å². The fourth-order valence-electron chi connectivity index (χ4n) is 4.29. The summed E-state index contributed by atoms with van der Waals surface area (Å²) < 4.78 is 0. The first-order chi connectivity index (χ1) is 10.4. The largest absolute Gasteiger partial charge is 0.300 e. The van der Waals surface area contributed by atoms with Crippen LogP contribution in [-0.2, 0) is 6.54 Å². The molecule has 1 saturated heterocycles. The fourth-order valence-corrected chi connectivity index (χ4v) is 4.29. The predicted molar refractivity (Wildman–Crippen MR) is 84.8 cm³/mol. The van der Waals surface area contributed by atoms with Gasteiger partial charge in [0.2, 0.25) is 0 Å². The van der Waals surface area contributed by atoms with Gasteiger partial charge in [0, 0.05) is 45.5 Å². The molecule has 2 aliphatic carbocycles. The Hall–Kier alpha value is -1.19. The van der Waals surface area contributed by atoms with Gasteiger partial charge in [-0.1, -0.05) is 18.2 Å². The highest BCUT2D eigenvalue weighted by Crippen LogP contribution is 2.43. The third kappa shape index (κ3) is 3.04. The van der Waals surface area contributed by atoms with Crippen molar-refractivity contribution in [1.29, 1.82) is 0 Å². The van der Waals surface area contributed by atoms with Crippen LogP contribution in [0, 0.1) is 17.8 Å². The number of fused-ring (bicyclic) bond motifs is 2. The average Bonchev–Trinajstić information content (AvgIpc) is 3.13. The third-order valence-electron chi connectivity index (χ3n) is 5.49. The zero-order valence-corrected chi connectivity index (χ0v) is 12.7. The number of piperazine rings is 1. The minimum atomic E-state index is 0.890. The van der Waals surface area contributed by atoms with Gasteiger partial charge < -0.3 is 4.90 Å². The summed E-state index contributed by atoms with van der Waals surface area (Å²) in [4.78, 5) is 9.67. The quantitative estimate of drug-likeness (QED) is 0.791. The maximum Gasteiger partial charge on any atom is 0.0543 e. The SMILES string of the molecule is C1=C[C@H]2C[C@@H]1C[C@H]2CN1CCN(Cc2ccccn2)CC1. The van der Waals surface area contributed by atoms with Crippen molar-refractivity contribution in [2.24, 2.45) is 17.8 Å². The Balaban J connectivity index is 1.24. The highest BCUT2D eigenvalue weighted by molar-refractivity contribution is 5.10. The minimum Gasteiger partial charge on any atom is -0.300 e. The monoisotopic (exact) mass is 283 g/mol. The van der Waals surface area contributed by atoms with Crippen LogP contribution >= 0.6 is 0 Å². The summed E-state index contributed by atoms with van der Waals surface area (Å²) in [7, 11) is 0. The molecule has 112 valence electrons. The number of pyridine rings is 1. The summed E-state index contributed by atoms with van der Waals surface area (Å²) in [6, 6.07) is 6.21. The van der Waals surface area contributed by atoms with E-state index < -0.39 is 0 Å². The molecular formula is C18H25N3. The van der Waals surface area contributed by atoms with Gasteiger partial charge in [0.15, 0.2) is 0 Å². The molecular weight excluding hydrogens is 258 g/mol. The van der Waals surface area contributed by atoms with E-state index in [0.717, 1.165) is 24.3 Å². The van der Waals surface area contributed by atoms with E-state index in [1.165, 1.54) is 51.3 Å². The Labute approximate surface area is 127 Å². The van der Waals surface area contributed by atoms with E-state index in [-0.39, 0.29) is 0 Å². The second kappa shape index (κ2) is 5.90. The highest BCUT2D eigenvalue weighted by Gasteiger charge is 2.36. The first kappa shape index (κ1) is 13.5. The summed E-state index contributed by atoms with van der Waals surface area (Å²) in [5, 5.41) is 0. The van der Waals surface area contributed by atoms with Crippen molar-refractivity contribution in [3.8, 4) is 0 Å². The van der Waals surface area contributed by atoms with Gasteiger partial charge >= 0.3 is 0 Å². The molecule has 3 aliphatic rings. The molecule has 2 bridgehead atoms. The maximum atomic E-state index is 4.44. The number of allylic oxidation sites excluding steroid dienone is 2. The third-order valence-corrected chi connectivity index (χ3v) is 5.49. The lowest BCUT2D eigenvalue weighted by molar-refractivity contribution is 0.107. The number of hydrogen-bond donors (Lipinski definition) is 0. The lowest BCUT2D eigenvalue weighted by Gasteiger charge is -2.36. The van der Waals surface area contributed by atoms with Gasteiger partial charge in [-0.05, 0) is 42.7 Å². The van der Waals surface area contributed by atoms with Gasteiger partial charge in [-0.2, -0.15) is 0 Å². The van der Waals surface area contributed by atoms with Crippen molar-refractivity contribution >= 4 is 0 Å². The molecule has 3 heteroatoms. The molecule has 2 fully saturated rings. The van der Waals surface area contributed by atoms with Crippen LogP contribution in [0.2, 0.25) is 0 Å². The number of rotatable bonds is 4. The molecule has 1 saturated carbocycles. The molecule has 0 radical (unpaired) electrons. The molecule has 2 heterocycles. The first-order valence-electron chi connectivity index (χ1n) is 8.40. The smallest absolute Gasteiger partial charge is 0.0543 e. The molecule has 21 heavy (non-hydrogen) atoms. The molecule has 0 aromatic carbocycles. The molecule has 1 aromatic rings. The van der Waals surface area contributed by atoms with Gasteiger partial charge in [0.25, 0.3) is 0 Å². The Morgan fingerprint density at radius 1 is 1.00 bits per heavy atom. The van der Waals surface area contributed by atoms with E-state index in [2.05, 4.69) is 39.1 Å². The zero-order chi connectivity index (χ0) is 14.1. The van der Waals surface area contributed by atoms with Gasteiger partial charge in [-0.25, -0.2) is 0 Å². The van der Waals surface area contributed by atoms with Gasteiger partial charge in [-0.3, -0.25) is 9.88 Å². The van der Waals surface area contributed by atoms with Crippen molar-refractivity contribution < 1.29 is 0 Å². The summed E-state index contributed by atoms with van der Waals surface area (Å²) in [6.45, 7) is 7.16. The van der Waals surface area contributed by atoms with Crippen molar-refractivity contribution in [1.82, 2.24) is 14.8 Å². The van der Waals surface area contributed by atoms with Gasteiger partial charge in [0.05, 0.1) is 5.69 Å². The molecule has 0 spiro atoms. The first-order valence-corrected chi connectivity index (χ1v) is 8.40. The maximum absolute atomic E-state index is 4.44. The molecule has 3 atom stereocenters. The van der Waals surface area contributed by atoms with E-state index in [0.29, 0.717) is 0 Å². The number of nitrogens with zero attached hydrogens (tertiary/aromatic N) is 3. The molecule has 0 unspecified atom stereocenters. The van der Waals surface area contributed by atoms with Crippen LogP contribution in [0.15, 0.2) is 36.5 Å². The second-order valence-corrected chi connectivity index (χ2v) is 6.94. The molecule has 0 amide bonds. The molecule has 1 aliphatic heterocycles. The Kier molecular flexibility index (Phi) is 3.78. The van der Waals surface area contributed by atoms with E-state index in [1.54, 1.807) is 0 Å². The van der Waals surface area contributed by atoms with Gasteiger partial charge in [-0.15, -0.1) is 0 Å². The second-order valence-electron chi connectivity index (χ2n) is 6.94. The minimum absolute atomic E-state index is 0.890. The Morgan fingerprint density at radius 3 is 2.52 bits per heavy atom. The van der Waals surface area contributed by atoms with Crippen LogP contribution in [0.1, 0.15) is 18.5 Å². The molecule has 0 N–H and O–H groups in total. The Morgan fingerprint density at radius 2 is 1.86 bits per heavy atom. The number of aromatic nitrogens is 1. The average molecular weight is 283 g/mol. The van der Waals surface area contributed by atoms with Crippen LogP contribution in [-0.4, -0.2) is 47.5 Å². The Bertz CT molecular complexity index is 490. The summed E-state index contributed by atoms with van der Waals surface area (Å²) in [5.74, 6) is 2.73. The van der Waals surface area contributed by atoms with E-state index in [1.807, 2.05) is 12.3 Å². The lowest BCUT2D eigenvalue weighted by atomic mass is 9.93. The van der Waals surface area contributed by atoms with Crippen molar-refractivity contribution in [2.45, 2.75) is 19.4 Å². The molecule has 1 aromatic heterocycles. The summed E-state index contributed by atoms with van der Waals surface area (Å²) in [5.41, 5.74) is 1.20. The lowest BCUT2D eigenvalue weighted by Crippen LogP contribution is -2.47. The van der Waals surface area contributed by atoms with Crippen LogP contribution in [0.3, 0.4) is 0 Å². The van der Waals surface area contributed by atoms with E-state index in [9.17, 15) is 0 Å². The van der Waals surface area contributed by atoms with Crippen LogP contribution in [0.5, 0.6) is 0 Å². The van der Waals surface area contributed by atoms with Gasteiger partial charge in [0.1, 0.15) is 0 Å². The highest BCUT2D eigenvalue weighted by atomic mass is 15.3. The predicted octanol–water partition coefficient (Wildman–Crippen LogP) is 2.41. The topological polar surface area (TPSA) is 19.4 Å². The van der Waals surface area contributed by atoms with Crippen LogP contribution in [0.4, 0.5) is 0 Å². The fraction of sp³-hybridized carbons (Fsp3) is 0.611. The van der Waals surface area contributed by atoms with E-state index in [4.69, 9.17) is 0 Å². The normalized spacial score (nSPS) is 32.9. The van der Waals surface area contributed by atoms with Crippen molar-refractivity contribution in [3.05, 3.63) is 42.2 Å². The van der Waals surface area contributed by atoms with E-state index >= 15 is 0 Å². The number of hydrogen-bond acceptors (Lipinski definition) is 3. The summed E-state index contributed by atoms with van der Waals surface area (Å²) >= 11 is 0.